The summed E-state index contributed by atoms with van der Waals surface area (Å²) in [5, 5.41) is 8.19. The van der Waals surface area contributed by atoms with Gasteiger partial charge in [0.25, 0.3) is 0 Å². The highest BCUT2D eigenvalue weighted by molar-refractivity contribution is 7.07. The van der Waals surface area contributed by atoms with Crippen LogP contribution in [-0.4, -0.2) is 6.54 Å². The molecule has 0 fully saturated rings. The average Bonchev–Trinajstić information content (AvgIpc) is 2.91. The topological polar surface area (TPSA) is 21.3 Å². The van der Waals surface area contributed by atoms with Gasteiger partial charge in [-0.25, -0.2) is 0 Å². The molecule has 1 N–H and O–H groups in total. The Bertz CT molecular complexity index is 499. The van der Waals surface area contributed by atoms with Gasteiger partial charge >= 0.3 is 0 Å². The van der Waals surface area contributed by atoms with Crippen molar-refractivity contribution in [2.75, 3.05) is 6.54 Å². The Morgan fingerprint density at radius 2 is 2.21 bits per heavy atom. The average molecular weight is 296 g/mol. The number of thiophene rings is 1. The molecule has 0 radical (unpaired) electrons. The van der Waals surface area contributed by atoms with Crippen LogP contribution in [0.3, 0.4) is 0 Å². The number of halogens is 1. The van der Waals surface area contributed by atoms with E-state index < -0.39 is 0 Å². The quantitative estimate of drug-likeness (QED) is 0.761. The van der Waals surface area contributed by atoms with E-state index >= 15 is 0 Å². The molecule has 2 rings (SSSR count). The molecule has 0 aliphatic rings. The van der Waals surface area contributed by atoms with Crippen molar-refractivity contribution in [3.05, 3.63) is 51.2 Å². The van der Waals surface area contributed by atoms with Crippen molar-refractivity contribution in [3.63, 3.8) is 0 Å². The zero-order valence-electron chi connectivity index (χ0n) is 11.0. The summed E-state index contributed by atoms with van der Waals surface area (Å²) in [6.07, 6.45) is 1.12. The molecule has 102 valence electrons. The van der Waals surface area contributed by atoms with Gasteiger partial charge in [-0.1, -0.05) is 30.7 Å². The monoisotopic (exact) mass is 295 g/mol. The summed E-state index contributed by atoms with van der Waals surface area (Å²) < 4.78 is 5.88. The van der Waals surface area contributed by atoms with Crippen molar-refractivity contribution in [2.24, 2.45) is 0 Å². The first-order chi connectivity index (χ1) is 9.31. The summed E-state index contributed by atoms with van der Waals surface area (Å²) in [5.74, 6) is 0.791. The highest BCUT2D eigenvalue weighted by Crippen LogP contribution is 2.29. The molecule has 1 heterocycles. The second-order valence-corrected chi connectivity index (χ2v) is 5.51. The van der Waals surface area contributed by atoms with E-state index in [4.69, 9.17) is 16.3 Å². The van der Waals surface area contributed by atoms with E-state index in [9.17, 15) is 0 Å². The zero-order chi connectivity index (χ0) is 13.5. The highest BCUT2D eigenvalue weighted by atomic mass is 35.5. The number of nitrogens with one attached hydrogen (secondary N) is 1. The smallest absolute Gasteiger partial charge is 0.142 e. The van der Waals surface area contributed by atoms with Crippen LogP contribution in [0, 0.1) is 0 Å². The van der Waals surface area contributed by atoms with E-state index in [-0.39, 0.29) is 0 Å². The lowest BCUT2D eigenvalue weighted by Crippen LogP contribution is -2.14. The van der Waals surface area contributed by atoms with Crippen LogP contribution in [0.1, 0.15) is 24.5 Å². The predicted molar refractivity (Wildman–Crippen MR) is 82.1 cm³/mol. The third-order valence-corrected chi connectivity index (χ3v) is 3.78. The van der Waals surface area contributed by atoms with Crippen molar-refractivity contribution in [2.45, 2.75) is 26.5 Å². The number of hydrogen-bond acceptors (Lipinski definition) is 3. The molecule has 0 atom stereocenters. The van der Waals surface area contributed by atoms with Gasteiger partial charge in [0.15, 0.2) is 0 Å². The Balaban J connectivity index is 2.04. The molecule has 0 aliphatic heterocycles. The van der Waals surface area contributed by atoms with Gasteiger partial charge in [0.1, 0.15) is 12.4 Å². The molecule has 0 amide bonds. The summed E-state index contributed by atoms with van der Waals surface area (Å²) in [6, 6.07) is 7.95. The largest absolute Gasteiger partial charge is 0.487 e. The van der Waals surface area contributed by atoms with Gasteiger partial charge in [-0.15, -0.1) is 0 Å². The van der Waals surface area contributed by atoms with E-state index in [2.05, 4.69) is 35.1 Å². The molecule has 0 spiro atoms. The van der Waals surface area contributed by atoms with Gasteiger partial charge in [-0.3, -0.25) is 0 Å². The molecule has 0 bridgehead atoms. The van der Waals surface area contributed by atoms with E-state index in [1.165, 1.54) is 5.56 Å². The third-order valence-electron chi connectivity index (χ3n) is 2.75. The Hall–Kier alpha value is -1.03. The van der Waals surface area contributed by atoms with Crippen LogP contribution < -0.4 is 10.1 Å². The summed E-state index contributed by atoms with van der Waals surface area (Å²) in [5.41, 5.74) is 2.29. The maximum atomic E-state index is 6.23. The molecule has 4 heteroatoms. The minimum Gasteiger partial charge on any atom is -0.487 e. The molecule has 0 saturated heterocycles. The Kier molecular flexibility index (Phi) is 5.70. The lowest BCUT2D eigenvalue weighted by atomic mass is 10.2. The lowest BCUT2D eigenvalue weighted by molar-refractivity contribution is 0.303. The SMILES string of the molecule is CCCNCc1cccc(Cl)c1OCc1ccsc1. The number of benzene rings is 1. The molecular formula is C15H18ClNOS. The van der Waals surface area contributed by atoms with Crippen LogP contribution in [0.25, 0.3) is 0 Å². The van der Waals surface area contributed by atoms with Gasteiger partial charge in [0.2, 0.25) is 0 Å². The van der Waals surface area contributed by atoms with E-state index in [0.29, 0.717) is 11.6 Å². The lowest BCUT2D eigenvalue weighted by Gasteiger charge is -2.13. The fourth-order valence-electron chi connectivity index (χ4n) is 1.78. The Morgan fingerprint density at radius 1 is 1.32 bits per heavy atom. The summed E-state index contributed by atoms with van der Waals surface area (Å²) in [7, 11) is 0. The van der Waals surface area contributed by atoms with Crippen LogP contribution >= 0.6 is 22.9 Å². The first-order valence-corrected chi connectivity index (χ1v) is 7.75. The Labute approximate surface area is 123 Å². The first-order valence-electron chi connectivity index (χ1n) is 6.43. The van der Waals surface area contributed by atoms with Crippen molar-refractivity contribution in [1.82, 2.24) is 5.32 Å². The van der Waals surface area contributed by atoms with Gasteiger partial charge in [-0.2, -0.15) is 11.3 Å². The van der Waals surface area contributed by atoms with Crippen LogP contribution in [0.5, 0.6) is 5.75 Å². The van der Waals surface area contributed by atoms with Crippen molar-refractivity contribution >= 4 is 22.9 Å². The van der Waals surface area contributed by atoms with Gasteiger partial charge in [0, 0.05) is 12.1 Å². The molecule has 0 saturated carbocycles. The van der Waals surface area contributed by atoms with Gasteiger partial charge in [0.05, 0.1) is 5.02 Å². The minimum absolute atomic E-state index is 0.564. The molecule has 1 aromatic carbocycles. The maximum absolute atomic E-state index is 6.23. The second-order valence-electron chi connectivity index (χ2n) is 4.33. The normalized spacial score (nSPS) is 10.6. The molecular weight excluding hydrogens is 278 g/mol. The van der Waals surface area contributed by atoms with Crippen LogP contribution in [0.15, 0.2) is 35.0 Å². The van der Waals surface area contributed by atoms with Gasteiger partial charge in [-0.05, 0) is 41.4 Å². The second kappa shape index (κ2) is 7.53. The maximum Gasteiger partial charge on any atom is 0.142 e. The summed E-state index contributed by atoms with van der Waals surface area (Å²) >= 11 is 7.91. The number of hydrogen-bond donors (Lipinski definition) is 1. The van der Waals surface area contributed by atoms with E-state index in [1.54, 1.807) is 11.3 Å². The molecule has 1 aromatic heterocycles. The van der Waals surface area contributed by atoms with Crippen LogP contribution in [0.2, 0.25) is 5.02 Å². The standard InChI is InChI=1S/C15H18ClNOS/c1-2-7-17-9-13-4-3-5-14(16)15(13)18-10-12-6-8-19-11-12/h3-6,8,11,17H,2,7,9-10H2,1H3. The molecule has 2 nitrogen and oxygen atoms in total. The molecule has 0 aliphatic carbocycles. The highest BCUT2D eigenvalue weighted by Gasteiger charge is 2.08. The Morgan fingerprint density at radius 3 is 2.95 bits per heavy atom. The molecule has 2 aromatic rings. The van der Waals surface area contributed by atoms with Crippen LogP contribution in [-0.2, 0) is 13.2 Å². The van der Waals surface area contributed by atoms with Gasteiger partial charge < -0.3 is 10.1 Å². The predicted octanol–water partition coefficient (Wildman–Crippen LogP) is 4.48. The van der Waals surface area contributed by atoms with E-state index in [1.807, 2.05) is 12.1 Å². The number of ether oxygens (including phenoxy) is 1. The van der Waals surface area contributed by atoms with Crippen molar-refractivity contribution < 1.29 is 4.74 Å². The zero-order valence-corrected chi connectivity index (χ0v) is 12.6. The fourth-order valence-corrected chi connectivity index (χ4v) is 2.69. The minimum atomic E-state index is 0.564. The van der Waals surface area contributed by atoms with Crippen LogP contribution in [0.4, 0.5) is 0 Å². The van der Waals surface area contributed by atoms with E-state index in [0.717, 1.165) is 30.8 Å². The molecule has 0 unspecified atom stereocenters. The summed E-state index contributed by atoms with van der Waals surface area (Å²) in [4.78, 5) is 0. The number of rotatable bonds is 7. The third kappa shape index (κ3) is 4.23. The fraction of sp³-hybridized carbons (Fsp3) is 0.333. The first kappa shape index (κ1) is 14.4. The molecule has 19 heavy (non-hydrogen) atoms. The van der Waals surface area contributed by atoms with Crippen molar-refractivity contribution in [3.8, 4) is 5.75 Å². The number of para-hydroxylation sites is 1. The van der Waals surface area contributed by atoms with Crippen molar-refractivity contribution in [1.29, 1.82) is 0 Å². The summed E-state index contributed by atoms with van der Waals surface area (Å²) in [6.45, 7) is 4.50.